The molecule has 1 aliphatic rings. The molecule has 188 valence electrons. The second-order valence-electron chi connectivity index (χ2n) is 7.86. The summed E-state index contributed by atoms with van der Waals surface area (Å²) in [5, 5.41) is 70.7. The van der Waals surface area contributed by atoms with Gasteiger partial charge in [0.15, 0.2) is 11.5 Å². The molecule has 4 rings (SSSR count). The van der Waals surface area contributed by atoms with Crippen LogP contribution in [0.2, 0.25) is 0 Å². The number of aromatic hydroxyl groups is 3. The number of hydrogen-bond donors (Lipinski definition) is 7. The highest BCUT2D eigenvalue weighted by Crippen LogP contribution is 2.45. The van der Waals surface area contributed by atoms with Gasteiger partial charge in [-0.25, -0.2) is 4.42 Å². The van der Waals surface area contributed by atoms with E-state index in [-0.39, 0.29) is 56.8 Å². The number of methoxy groups -OCH3 is 2. The SMILES string of the molecule is COc1cc(-c2[o+]c3cc(O)cc(O)c3cc2O[C@@H]2OC(CO)[C@@H](O)C(O)C2O)cc(OC)c1O. The molecular formula is C23H25O12+. The molecule has 5 atom stereocenters. The Balaban J connectivity index is 1.89. The van der Waals surface area contributed by atoms with E-state index in [0.29, 0.717) is 0 Å². The Hall–Kier alpha value is -3.55. The van der Waals surface area contributed by atoms with Crippen LogP contribution < -0.4 is 14.2 Å². The molecule has 2 aromatic carbocycles. The summed E-state index contributed by atoms with van der Waals surface area (Å²) < 4.78 is 27.5. The van der Waals surface area contributed by atoms with Crippen LogP contribution >= 0.6 is 0 Å². The zero-order valence-electron chi connectivity index (χ0n) is 18.7. The Morgan fingerprint density at radius 1 is 0.857 bits per heavy atom. The second-order valence-corrected chi connectivity index (χ2v) is 7.86. The Bertz CT molecular complexity index is 1200. The normalized spacial score (nSPS) is 24.3. The molecule has 7 N–H and O–H groups in total. The molecule has 0 amide bonds. The highest BCUT2D eigenvalue weighted by Gasteiger charge is 2.45. The standard InChI is InChI=1S/C23H24O12/c1-31-14-3-9(4-15(32-2)18(14)27)22-16(7-11-12(26)5-10(25)6-13(11)33-22)34-23-21(30)20(29)19(28)17(8-24)35-23/h3-7,17,19-21,23-24,28-30H,8H2,1-2H3,(H2-,25,26,27)/p+1/t17?,19-,20?,21?,23-/m1/s1. The summed E-state index contributed by atoms with van der Waals surface area (Å²) in [5.74, 6) is -0.928. The summed E-state index contributed by atoms with van der Waals surface area (Å²) in [6, 6.07) is 6.50. The minimum Gasteiger partial charge on any atom is -0.507 e. The molecule has 0 saturated carbocycles. The lowest BCUT2D eigenvalue weighted by Crippen LogP contribution is -2.60. The van der Waals surface area contributed by atoms with Crippen LogP contribution in [0.1, 0.15) is 0 Å². The lowest BCUT2D eigenvalue weighted by Gasteiger charge is -2.39. The summed E-state index contributed by atoms with van der Waals surface area (Å²) in [7, 11) is 2.66. The van der Waals surface area contributed by atoms with E-state index in [1.807, 2.05) is 0 Å². The first-order valence-corrected chi connectivity index (χ1v) is 10.4. The maximum atomic E-state index is 10.4. The highest BCUT2D eigenvalue weighted by molar-refractivity contribution is 5.88. The Kier molecular flexibility index (Phi) is 6.74. The lowest BCUT2D eigenvalue weighted by atomic mass is 9.99. The fraction of sp³-hybridized carbons (Fsp3) is 0.348. The molecule has 0 radical (unpaired) electrons. The van der Waals surface area contributed by atoms with Gasteiger partial charge in [0.2, 0.25) is 17.8 Å². The average molecular weight is 493 g/mol. The molecule has 0 bridgehead atoms. The quantitative estimate of drug-likeness (QED) is 0.238. The van der Waals surface area contributed by atoms with E-state index in [4.69, 9.17) is 23.4 Å². The molecule has 12 nitrogen and oxygen atoms in total. The van der Waals surface area contributed by atoms with Crippen LogP contribution in [0.15, 0.2) is 34.7 Å². The first kappa shape index (κ1) is 24.6. The topological polar surface area (TPSA) is 190 Å². The predicted molar refractivity (Wildman–Crippen MR) is 119 cm³/mol. The number of rotatable bonds is 6. The molecule has 12 heteroatoms. The van der Waals surface area contributed by atoms with Gasteiger partial charge in [0.1, 0.15) is 41.3 Å². The van der Waals surface area contributed by atoms with Gasteiger partial charge in [-0.15, -0.1) is 0 Å². The van der Waals surface area contributed by atoms with E-state index < -0.39 is 37.3 Å². The van der Waals surface area contributed by atoms with Gasteiger partial charge in [-0.3, -0.25) is 0 Å². The van der Waals surface area contributed by atoms with Crippen molar-refractivity contribution >= 4 is 11.0 Å². The summed E-state index contributed by atoms with van der Waals surface area (Å²) in [5.41, 5.74) is 0.325. The second kappa shape index (κ2) is 9.60. The van der Waals surface area contributed by atoms with Crippen molar-refractivity contribution in [1.29, 1.82) is 0 Å². The van der Waals surface area contributed by atoms with E-state index in [1.165, 1.54) is 38.5 Å². The van der Waals surface area contributed by atoms with Crippen molar-refractivity contribution in [1.82, 2.24) is 0 Å². The highest BCUT2D eigenvalue weighted by atomic mass is 16.7. The maximum Gasteiger partial charge on any atom is 0.402 e. The third kappa shape index (κ3) is 4.45. The van der Waals surface area contributed by atoms with E-state index in [9.17, 15) is 35.7 Å². The van der Waals surface area contributed by atoms with Crippen molar-refractivity contribution in [2.24, 2.45) is 0 Å². The molecule has 3 aromatic rings. The zero-order chi connectivity index (χ0) is 25.4. The number of phenolic OH excluding ortho intramolecular Hbond substituents is 3. The predicted octanol–water partition coefficient (Wildman–Crippen LogP) is 0.694. The lowest BCUT2D eigenvalue weighted by molar-refractivity contribution is -0.277. The van der Waals surface area contributed by atoms with Crippen molar-refractivity contribution in [3.63, 3.8) is 0 Å². The Morgan fingerprint density at radius 2 is 1.51 bits per heavy atom. The summed E-state index contributed by atoms with van der Waals surface area (Å²) >= 11 is 0. The molecule has 2 heterocycles. The third-order valence-corrected chi connectivity index (χ3v) is 5.65. The van der Waals surface area contributed by atoms with Gasteiger partial charge in [-0.1, -0.05) is 0 Å². The molecule has 3 unspecified atom stereocenters. The zero-order valence-corrected chi connectivity index (χ0v) is 18.7. The number of ether oxygens (including phenoxy) is 4. The van der Waals surface area contributed by atoms with Gasteiger partial charge in [-0.2, -0.15) is 0 Å². The fourth-order valence-electron chi connectivity index (χ4n) is 3.79. The molecule has 35 heavy (non-hydrogen) atoms. The molecule has 1 aromatic heterocycles. The molecule has 1 saturated heterocycles. The number of aliphatic hydroxyl groups is 4. The molecular weight excluding hydrogens is 468 g/mol. The van der Waals surface area contributed by atoms with Gasteiger partial charge < -0.3 is 54.7 Å². The summed E-state index contributed by atoms with van der Waals surface area (Å²) in [6.45, 7) is -0.661. The van der Waals surface area contributed by atoms with Gasteiger partial charge in [0.05, 0.1) is 32.5 Å². The molecule has 0 aliphatic carbocycles. The molecule has 1 fully saturated rings. The van der Waals surface area contributed by atoms with Gasteiger partial charge >= 0.3 is 11.3 Å². The smallest absolute Gasteiger partial charge is 0.402 e. The summed E-state index contributed by atoms with van der Waals surface area (Å²) in [4.78, 5) is 0. The first-order valence-electron chi connectivity index (χ1n) is 10.4. The first-order chi connectivity index (χ1) is 16.7. The number of phenols is 3. The third-order valence-electron chi connectivity index (χ3n) is 5.65. The van der Waals surface area contributed by atoms with E-state index >= 15 is 0 Å². The largest absolute Gasteiger partial charge is 0.507 e. The van der Waals surface area contributed by atoms with Crippen LogP contribution in [0.25, 0.3) is 22.3 Å². The van der Waals surface area contributed by atoms with E-state index in [0.717, 1.165) is 6.07 Å². The van der Waals surface area contributed by atoms with Crippen LogP contribution in [0.4, 0.5) is 0 Å². The van der Waals surface area contributed by atoms with Crippen molar-refractivity contribution in [2.75, 3.05) is 20.8 Å². The van der Waals surface area contributed by atoms with Crippen LogP contribution in [-0.2, 0) is 4.74 Å². The van der Waals surface area contributed by atoms with Gasteiger partial charge in [0, 0.05) is 24.3 Å². The number of hydrogen-bond acceptors (Lipinski definition) is 11. The molecule has 0 spiro atoms. The Labute approximate surface area is 198 Å². The van der Waals surface area contributed by atoms with E-state index in [2.05, 4.69) is 0 Å². The maximum absolute atomic E-state index is 10.4. The van der Waals surface area contributed by atoms with Crippen molar-refractivity contribution in [2.45, 2.75) is 30.7 Å². The number of aliphatic hydroxyl groups excluding tert-OH is 4. The number of benzene rings is 2. The average Bonchev–Trinajstić information content (AvgIpc) is 2.84. The number of fused-ring (bicyclic) bond motifs is 1. The van der Waals surface area contributed by atoms with Crippen LogP contribution in [-0.4, -0.2) is 87.3 Å². The Morgan fingerprint density at radius 3 is 2.11 bits per heavy atom. The van der Waals surface area contributed by atoms with Crippen molar-refractivity contribution < 1.29 is 59.1 Å². The fourth-order valence-corrected chi connectivity index (χ4v) is 3.79. The van der Waals surface area contributed by atoms with E-state index in [1.54, 1.807) is 0 Å². The molecule has 1 aliphatic heterocycles. The van der Waals surface area contributed by atoms with Crippen LogP contribution in [0.5, 0.6) is 34.5 Å². The van der Waals surface area contributed by atoms with Crippen LogP contribution in [0, 0.1) is 0 Å². The van der Waals surface area contributed by atoms with Crippen LogP contribution in [0.3, 0.4) is 0 Å². The van der Waals surface area contributed by atoms with Gasteiger partial charge in [-0.05, 0) is 0 Å². The van der Waals surface area contributed by atoms with Gasteiger partial charge in [0.25, 0.3) is 0 Å². The minimum absolute atomic E-state index is 0.0175. The summed E-state index contributed by atoms with van der Waals surface area (Å²) in [6.07, 6.45) is -7.77. The monoisotopic (exact) mass is 493 g/mol. The van der Waals surface area contributed by atoms with Crippen molar-refractivity contribution in [3.8, 4) is 45.8 Å². The van der Waals surface area contributed by atoms with Crippen molar-refractivity contribution in [3.05, 3.63) is 30.3 Å². The minimum atomic E-state index is -1.71.